The van der Waals surface area contributed by atoms with Crippen molar-refractivity contribution in [2.24, 2.45) is 0 Å². The topological polar surface area (TPSA) is 58.3 Å². The van der Waals surface area contributed by atoms with Crippen LogP contribution in [0.4, 0.5) is 0 Å². The van der Waals surface area contributed by atoms with Crippen LogP contribution in [0.25, 0.3) is 0 Å². The fourth-order valence-corrected chi connectivity index (χ4v) is 0.626. The molecule has 1 aromatic rings. The van der Waals surface area contributed by atoms with Crippen LogP contribution in [0.15, 0.2) is 17.0 Å². The maximum atomic E-state index is 8.39. The lowest BCUT2D eigenvalue weighted by molar-refractivity contribution is 0.292. The Hall–Kier alpha value is -0.870. The molecule has 4 heteroatoms. The van der Waals surface area contributed by atoms with E-state index in [9.17, 15) is 0 Å². The Bertz CT molecular complexity index is 162. The molecule has 1 aromatic heterocycles. The molecule has 2 N–H and O–H groups in total. The van der Waals surface area contributed by atoms with Crippen molar-refractivity contribution in [3.8, 4) is 0 Å². The predicted octanol–water partition coefficient (Wildman–Crippen LogP) is -0.244. The van der Waals surface area contributed by atoms with Gasteiger partial charge in [0.05, 0.1) is 12.8 Å². The molecule has 0 saturated carbocycles. The van der Waals surface area contributed by atoms with Gasteiger partial charge in [0, 0.05) is 18.7 Å². The molecule has 0 atom stereocenters. The Morgan fingerprint density at radius 2 is 2.60 bits per heavy atom. The molecule has 4 nitrogen and oxygen atoms in total. The average Bonchev–Trinajstić information content (AvgIpc) is 2.41. The molecule has 0 fully saturated rings. The second kappa shape index (κ2) is 4.03. The van der Waals surface area contributed by atoms with Gasteiger partial charge in [0.25, 0.3) is 0 Å². The van der Waals surface area contributed by atoms with Gasteiger partial charge in [-0.2, -0.15) is 0 Å². The van der Waals surface area contributed by atoms with Gasteiger partial charge in [-0.25, -0.2) is 0 Å². The van der Waals surface area contributed by atoms with Gasteiger partial charge < -0.3 is 14.9 Å². The van der Waals surface area contributed by atoms with Crippen LogP contribution in [-0.4, -0.2) is 23.4 Å². The van der Waals surface area contributed by atoms with Gasteiger partial charge in [-0.05, 0) is 0 Å². The molecule has 0 spiro atoms. The van der Waals surface area contributed by atoms with Crippen molar-refractivity contribution >= 4 is 0 Å². The minimum absolute atomic E-state index is 0.158. The third-order valence-electron chi connectivity index (χ3n) is 1.10. The number of nitrogens with one attached hydrogen (secondary N) is 1. The minimum Gasteiger partial charge on any atom is -0.395 e. The molecule has 0 radical (unpaired) electrons. The fraction of sp³-hybridized carbons (Fsp3) is 0.500. The number of aromatic nitrogens is 1. The largest absolute Gasteiger partial charge is 0.395 e. The molecule has 0 bridgehead atoms. The van der Waals surface area contributed by atoms with Crippen LogP contribution in [-0.2, 0) is 6.54 Å². The summed E-state index contributed by atoms with van der Waals surface area (Å²) in [5.74, 6) is 0. The number of aliphatic hydroxyl groups is 1. The fourth-order valence-electron chi connectivity index (χ4n) is 0.626. The van der Waals surface area contributed by atoms with Gasteiger partial charge in [0.2, 0.25) is 0 Å². The van der Waals surface area contributed by atoms with Gasteiger partial charge in [-0.1, -0.05) is 5.16 Å². The van der Waals surface area contributed by atoms with Gasteiger partial charge >= 0.3 is 0 Å². The molecule has 0 aliphatic carbocycles. The summed E-state index contributed by atoms with van der Waals surface area (Å²) in [7, 11) is 0. The SMILES string of the molecule is OCCNCc1cnoc1. The number of aliphatic hydroxyl groups excluding tert-OH is 1. The molecule has 0 saturated heterocycles. The lowest BCUT2D eigenvalue weighted by atomic mass is 10.4. The summed E-state index contributed by atoms with van der Waals surface area (Å²) in [6.07, 6.45) is 3.22. The Kier molecular flexibility index (Phi) is 2.92. The zero-order chi connectivity index (χ0) is 7.23. The number of rotatable bonds is 4. The lowest BCUT2D eigenvalue weighted by Crippen LogP contribution is -2.16. The summed E-state index contributed by atoms with van der Waals surface area (Å²) in [5, 5.41) is 14.9. The van der Waals surface area contributed by atoms with Crippen LogP contribution in [0.3, 0.4) is 0 Å². The van der Waals surface area contributed by atoms with Crippen molar-refractivity contribution in [3.05, 3.63) is 18.0 Å². The standard InChI is InChI=1S/C6H10N2O2/c9-2-1-7-3-6-4-8-10-5-6/h4-5,7,9H,1-3H2. The molecule has 10 heavy (non-hydrogen) atoms. The first-order chi connectivity index (χ1) is 4.93. The molecule has 1 rings (SSSR count). The summed E-state index contributed by atoms with van der Waals surface area (Å²) in [5.41, 5.74) is 0.994. The highest BCUT2D eigenvalue weighted by atomic mass is 16.5. The Balaban J connectivity index is 2.15. The molecule has 56 valence electrons. The summed E-state index contributed by atoms with van der Waals surface area (Å²) in [6, 6.07) is 0. The first-order valence-electron chi connectivity index (χ1n) is 3.13. The zero-order valence-electron chi connectivity index (χ0n) is 5.58. The average molecular weight is 142 g/mol. The van der Waals surface area contributed by atoms with Gasteiger partial charge in [0.1, 0.15) is 6.26 Å². The van der Waals surface area contributed by atoms with E-state index in [2.05, 4.69) is 15.0 Å². The van der Waals surface area contributed by atoms with E-state index in [-0.39, 0.29) is 6.61 Å². The number of hydrogen-bond acceptors (Lipinski definition) is 4. The van der Waals surface area contributed by atoms with E-state index in [0.29, 0.717) is 13.1 Å². The van der Waals surface area contributed by atoms with Crippen molar-refractivity contribution in [2.45, 2.75) is 6.54 Å². The van der Waals surface area contributed by atoms with Crippen LogP contribution in [0.5, 0.6) is 0 Å². The first kappa shape index (κ1) is 7.24. The lowest BCUT2D eigenvalue weighted by Gasteiger charge is -1.96. The van der Waals surface area contributed by atoms with Gasteiger partial charge in [0.15, 0.2) is 0 Å². The monoisotopic (exact) mass is 142 g/mol. The van der Waals surface area contributed by atoms with Crippen molar-refractivity contribution in [1.29, 1.82) is 0 Å². The van der Waals surface area contributed by atoms with Crippen LogP contribution < -0.4 is 5.32 Å². The molecule has 0 aromatic carbocycles. The molecule has 0 amide bonds. The Morgan fingerprint density at radius 3 is 3.20 bits per heavy atom. The van der Waals surface area contributed by atoms with E-state index in [1.165, 1.54) is 0 Å². The predicted molar refractivity (Wildman–Crippen MR) is 35.3 cm³/mol. The minimum atomic E-state index is 0.158. The highest BCUT2D eigenvalue weighted by Crippen LogP contribution is 1.93. The highest BCUT2D eigenvalue weighted by Gasteiger charge is 1.92. The second-order valence-electron chi connectivity index (χ2n) is 1.93. The molecule has 0 aliphatic rings. The molecule has 1 heterocycles. The summed E-state index contributed by atoms with van der Waals surface area (Å²) < 4.78 is 4.59. The van der Waals surface area contributed by atoms with Gasteiger partial charge in [-0.15, -0.1) is 0 Å². The molecular formula is C6H10N2O2. The number of nitrogens with zero attached hydrogens (tertiary/aromatic N) is 1. The third-order valence-corrected chi connectivity index (χ3v) is 1.10. The normalized spacial score (nSPS) is 10.1. The van der Waals surface area contributed by atoms with E-state index in [4.69, 9.17) is 5.11 Å². The van der Waals surface area contributed by atoms with Crippen molar-refractivity contribution in [1.82, 2.24) is 10.5 Å². The Morgan fingerprint density at radius 1 is 1.70 bits per heavy atom. The zero-order valence-corrected chi connectivity index (χ0v) is 5.58. The summed E-state index contributed by atoms with van der Waals surface area (Å²) in [6.45, 7) is 1.46. The quantitative estimate of drug-likeness (QED) is 0.569. The maximum absolute atomic E-state index is 8.39. The van der Waals surface area contributed by atoms with Crippen molar-refractivity contribution in [2.75, 3.05) is 13.2 Å². The second-order valence-corrected chi connectivity index (χ2v) is 1.93. The Labute approximate surface area is 58.8 Å². The molecular weight excluding hydrogens is 132 g/mol. The van der Waals surface area contributed by atoms with Crippen LogP contribution >= 0.6 is 0 Å². The van der Waals surface area contributed by atoms with E-state index in [1.807, 2.05) is 0 Å². The van der Waals surface area contributed by atoms with E-state index < -0.39 is 0 Å². The summed E-state index contributed by atoms with van der Waals surface area (Å²) >= 11 is 0. The van der Waals surface area contributed by atoms with E-state index >= 15 is 0 Å². The third kappa shape index (κ3) is 2.16. The van der Waals surface area contributed by atoms with Crippen LogP contribution in [0, 0.1) is 0 Å². The molecule has 0 aliphatic heterocycles. The van der Waals surface area contributed by atoms with E-state index in [1.54, 1.807) is 12.5 Å². The summed E-state index contributed by atoms with van der Waals surface area (Å²) in [4.78, 5) is 0. The van der Waals surface area contributed by atoms with Gasteiger partial charge in [-0.3, -0.25) is 0 Å². The molecule has 0 unspecified atom stereocenters. The maximum Gasteiger partial charge on any atom is 0.128 e. The first-order valence-corrected chi connectivity index (χ1v) is 3.13. The van der Waals surface area contributed by atoms with E-state index in [0.717, 1.165) is 5.56 Å². The smallest absolute Gasteiger partial charge is 0.128 e. The number of hydrogen-bond donors (Lipinski definition) is 2. The van der Waals surface area contributed by atoms with Crippen molar-refractivity contribution < 1.29 is 9.63 Å². The highest BCUT2D eigenvalue weighted by molar-refractivity contribution is 4.98. The van der Waals surface area contributed by atoms with Crippen LogP contribution in [0.1, 0.15) is 5.56 Å². The van der Waals surface area contributed by atoms with Crippen molar-refractivity contribution in [3.63, 3.8) is 0 Å². The van der Waals surface area contributed by atoms with Crippen LogP contribution in [0.2, 0.25) is 0 Å².